The highest BCUT2D eigenvalue weighted by Gasteiger charge is 2.62. The number of likely N-dealkylation sites (tertiary alicyclic amines) is 1. The Labute approximate surface area is 233 Å². The van der Waals surface area contributed by atoms with Gasteiger partial charge in [0.05, 0.1) is 31.0 Å². The second kappa shape index (κ2) is 10.8. The SMILES string of the molecule is C[C@H](CO)NC(=O)[C@H]1CCC[C@@]12C[C@H]2CCc1nc(Nc2ccc(C(=O)N3CC(F)(F)C3)cc2)ncc1C(F)(F)F. The Bertz CT molecular complexity index is 1300. The number of aliphatic hydroxyl groups is 1. The number of benzene rings is 1. The third kappa shape index (κ3) is 6.14. The zero-order chi connectivity index (χ0) is 29.6. The number of alkyl halides is 5. The molecule has 2 aromatic rings. The second-order valence-electron chi connectivity index (χ2n) is 11.5. The molecule has 0 bridgehead atoms. The lowest BCUT2D eigenvalue weighted by atomic mass is 9.87. The number of rotatable bonds is 9. The standard InChI is InChI=1S/C28H32F5N5O3/c1-16(13-39)35-23(40)20-3-2-10-26(20)11-18(26)6-9-22-21(28(31,32)33)12-34-25(37-22)36-19-7-4-17(5-8-19)24(41)38-14-27(29,30)15-38/h4-5,7-8,12,16,18,20,39H,2-3,6,9-11,13-15H2,1H3,(H,35,40)(H,34,36,37)/t16-,18-,20-,26+/m1/s1. The lowest BCUT2D eigenvalue weighted by Crippen LogP contribution is -2.58. The topological polar surface area (TPSA) is 107 Å². The van der Waals surface area contributed by atoms with E-state index in [0.717, 1.165) is 36.8 Å². The van der Waals surface area contributed by atoms with Crippen LogP contribution in [0.15, 0.2) is 30.5 Å². The van der Waals surface area contributed by atoms with Gasteiger partial charge in [0, 0.05) is 29.4 Å². The average Bonchev–Trinajstić information content (AvgIpc) is 3.42. The third-order valence-electron chi connectivity index (χ3n) is 8.51. The summed E-state index contributed by atoms with van der Waals surface area (Å²) in [6, 6.07) is 5.53. The first-order valence-electron chi connectivity index (χ1n) is 13.7. The van der Waals surface area contributed by atoms with Gasteiger partial charge < -0.3 is 20.6 Å². The normalized spacial score (nSPS) is 25.5. The Kier molecular flexibility index (Phi) is 7.68. The van der Waals surface area contributed by atoms with Gasteiger partial charge in [-0.3, -0.25) is 9.59 Å². The molecule has 1 aliphatic heterocycles. The van der Waals surface area contributed by atoms with Crippen molar-refractivity contribution in [2.24, 2.45) is 17.3 Å². The van der Waals surface area contributed by atoms with Gasteiger partial charge in [0.1, 0.15) is 0 Å². The smallest absolute Gasteiger partial charge is 0.394 e. The van der Waals surface area contributed by atoms with E-state index in [1.54, 1.807) is 6.92 Å². The molecule has 0 radical (unpaired) electrons. The number of aromatic nitrogens is 2. The third-order valence-corrected chi connectivity index (χ3v) is 8.51. The van der Waals surface area contributed by atoms with Gasteiger partial charge in [0.2, 0.25) is 11.9 Å². The van der Waals surface area contributed by atoms with Crippen LogP contribution in [0.1, 0.15) is 60.6 Å². The maximum absolute atomic E-state index is 13.8. The summed E-state index contributed by atoms with van der Waals surface area (Å²) in [4.78, 5) is 34.1. The van der Waals surface area contributed by atoms with Crippen molar-refractivity contribution in [2.45, 2.75) is 63.6 Å². The predicted octanol–water partition coefficient (Wildman–Crippen LogP) is 4.57. The number of aryl methyl sites for hydroxylation is 1. The molecule has 222 valence electrons. The number of anilines is 2. The van der Waals surface area contributed by atoms with E-state index in [1.165, 1.54) is 24.3 Å². The highest BCUT2D eigenvalue weighted by molar-refractivity contribution is 5.95. The van der Waals surface area contributed by atoms with Crippen LogP contribution in [0.5, 0.6) is 0 Å². The number of hydrogen-bond donors (Lipinski definition) is 3. The van der Waals surface area contributed by atoms with Gasteiger partial charge in [0.25, 0.3) is 11.8 Å². The molecule has 2 aliphatic carbocycles. The number of carbonyl (C=O) groups excluding carboxylic acids is 2. The first-order valence-corrected chi connectivity index (χ1v) is 13.7. The Morgan fingerprint density at radius 3 is 2.54 bits per heavy atom. The van der Waals surface area contributed by atoms with Crippen molar-refractivity contribution in [2.75, 3.05) is 25.0 Å². The molecule has 2 saturated carbocycles. The molecule has 13 heteroatoms. The molecule has 1 saturated heterocycles. The van der Waals surface area contributed by atoms with Crippen molar-refractivity contribution in [1.82, 2.24) is 20.2 Å². The zero-order valence-electron chi connectivity index (χ0n) is 22.5. The first-order chi connectivity index (χ1) is 19.3. The molecule has 1 aromatic heterocycles. The van der Waals surface area contributed by atoms with E-state index in [1.807, 2.05) is 0 Å². The number of nitrogens with one attached hydrogen (secondary N) is 2. The van der Waals surface area contributed by atoms with Gasteiger partial charge in [-0.25, -0.2) is 18.7 Å². The van der Waals surface area contributed by atoms with Crippen LogP contribution < -0.4 is 10.6 Å². The number of halogens is 5. The molecule has 3 aliphatic rings. The van der Waals surface area contributed by atoms with Crippen LogP contribution >= 0.6 is 0 Å². The molecule has 8 nitrogen and oxygen atoms in total. The minimum Gasteiger partial charge on any atom is -0.394 e. The average molecular weight is 582 g/mol. The monoisotopic (exact) mass is 581 g/mol. The van der Waals surface area contributed by atoms with E-state index in [2.05, 4.69) is 20.6 Å². The minimum absolute atomic E-state index is 0.0453. The van der Waals surface area contributed by atoms with E-state index >= 15 is 0 Å². The summed E-state index contributed by atoms with van der Waals surface area (Å²) in [6.45, 7) is 0.287. The molecular formula is C28H32F5N5O3. The highest BCUT2D eigenvalue weighted by atomic mass is 19.4. The molecular weight excluding hydrogens is 549 g/mol. The molecule has 41 heavy (non-hydrogen) atoms. The van der Waals surface area contributed by atoms with Crippen molar-refractivity contribution < 1.29 is 36.6 Å². The van der Waals surface area contributed by atoms with Gasteiger partial charge in [0.15, 0.2) is 0 Å². The Morgan fingerprint density at radius 1 is 1.20 bits per heavy atom. The fourth-order valence-electron chi connectivity index (χ4n) is 6.28. The van der Waals surface area contributed by atoms with Crippen LogP contribution in [0.2, 0.25) is 0 Å². The maximum Gasteiger partial charge on any atom is 0.419 e. The molecule has 0 unspecified atom stereocenters. The number of hydrogen-bond acceptors (Lipinski definition) is 6. The Hall–Kier alpha value is -3.35. The highest BCUT2D eigenvalue weighted by Crippen LogP contribution is 2.67. The van der Waals surface area contributed by atoms with Crippen LogP contribution in [0, 0.1) is 17.3 Å². The first kappa shape index (κ1) is 29.2. The van der Waals surface area contributed by atoms with Crippen molar-refractivity contribution in [1.29, 1.82) is 0 Å². The fourth-order valence-corrected chi connectivity index (χ4v) is 6.28. The maximum atomic E-state index is 13.8. The van der Waals surface area contributed by atoms with Crippen molar-refractivity contribution in [3.8, 4) is 0 Å². The van der Waals surface area contributed by atoms with Crippen LogP contribution in [0.4, 0.5) is 33.6 Å². The molecule has 3 N–H and O–H groups in total. The molecule has 2 heterocycles. The van der Waals surface area contributed by atoms with Gasteiger partial charge in [-0.2, -0.15) is 13.2 Å². The van der Waals surface area contributed by atoms with Crippen LogP contribution in [-0.4, -0.2) is 63.4 Å². The van der Waals surface area contributed by atoms with E-state index in [0.29, 0.717) is 12.1 Å². The van der Waals surface area contributed by atoms with E-state index in [9.17, 15) is 36.6 Å². The van der Waals surface area contributed by atoms with Crippen molar-refractivity contribution >= 4 is 23.5 Å². The molecule has 5 rings (SSSR count). The largest absolute Gasteiger partial charge is 0.419 e. The van der Waals surface area contributed by atoms with Gasteiger partial charge in [-0.05, 0) is 74.6 Å². The second-order valence-corrected chi connectivity index (χ2v) is 11.5. The zero-order valence-corrected chi connectivity index (χ0v) is 22.5. The number of nitrogens with zero attached hydrogens (tertiary/aromatic N) is 3. The summed E-state index contributed by atoms with van der Waals surface area (Å²) in [5.41, 5.74) is -0.642. The van der Waals surface area contributed by atoms with Gasteiger partial charge in [-0.15, -0.1) is 0 Å². The van der Waals surface area contributed by atoms with E-state index in [-0.39, 0.29) is 59.4 Å². The minimum atomic E-state index is -4.64. The Morgan fingerprint density at radius 2 is 1.90 bits per heavy atom. The molecule has 1 spiro atoms. The molecule has 3 fully saturated rings. The fraction of sp³-hybridized carbons (Fsp3) is 0.571. The predicted molar refractivity (Wildman–Crippen MR) is 139 cm³/mol. The summed E-state index contributed by atoms with van der Waals surface area (Å²) in [5.74, 6) is -3.66. The van der Waals surface area contributed by atoms with Crippen LogP contribution in [-0.2, 0) is 17.4 Å². The van der Waals surface area contributed by atoms with Crippen LogP contribution in [0.3, 0.4) is 0 Å². The summed E-state index contributed by atoms with van der Waals surface area (Å²) < 4.78 is 67.5. The van der Waals surface area contributed by atoms with E-state index in [4.69, 9.17) is 0 Å². The number of aliphatic hydroxyl groups excluding tert-OH is 1. The van der Waals surface area contributed by atoms with Gasteiger partial charge in [-0.1, -0.05) is 6.42 Å². The van der Waals surface area contributed by atoms with Crippen molar-refractivity contribution in [3.63, 3.8) is 0 Å². The van der Waals surface area contributed by atoms with Crippen LogP contribution in [0.25, 0.3) is 0 Å². The number of carbonyl (C=O) groups is 2. The molecule has 1 aromatic carbocycles. The quantitative estimate of drug-likeness (QED) is 0.375. The van der Waals surface area contributed by atoms with Gasteiger partial charge >= 0.3 is 6.18 Å². The summed E-state index contributed by atoms with van der Waals surface area (Å²) >= 11 is 0. The lowest BCUT2D eigenvalue weighted by Gasteiger charge is -2.38. The van der Waals surface area contributed by atoms with Crippen molar-refractivity contribution in [3.05, 3.63) is 47.3 Å². The summed E-state index contributed by atoms with van der Waals surface area (Å²) in [7, 11) is 0. The molecule has 4 atom stereocenters. The van der Waals surface area contributed by atoms with E-state index < -0.39 is 36.7 Å². The molecule has 2 amide bonds. The summed E-state index contributed by atoms with van der Waals surface area (Å²) in [5, 5.41) is 14.9. The summed E-state index contributed by atoms with van der Waals surface area (Å²) in [6.07, 6.45) is -0.143. The Balaban J connectivity index is 1.24. The number of amides is 2. The lowest BCUT2D eigenvalue weighted by molar-refractivity contribution is -0.138.